The van der Waals surface area contributed by atoms with Gasteiger partial charge < -0.3 is 15.0 Å². The van der Waals surface area contributed by atoms with Gasteiger partial charge in [0.15, 0.2) is 0 Å². The minimum absolute atomic E-state index is 0.0383. The van der Waals surface area contributed by atoms with E-state index in [9.17, 15) is 9.59 Å². The van der Waals surface area contributed by atoms with Crippen LogP contribution in [0, 0.1) is 0 Å². The van der Waals surface area contributed by atoms with Gasteiger partial charge in [0, 0.05) is 39.1 Å². The number of likely N-dealkylation sites (tertiary alicyclic amines) is 1. The number of nitrogens with one attached hydrogen (secondary N) is 1. The molecule has 0 aliphatic carbocycles. The van der Waals surface area contributed by atoms with E-state index >= 15 is 0 Å². The molecule has 0 radical (unpaired) electrons. The maximum absolute atomic E-state index is 12.0. The summed E-state index contributed by atoms with van der Waals surface area (Å²) < 4.78 is 5.45. The summed E-state index contributed by atoms with van der Waals surface area (Å²) in [7, 11) is 0. The molecule has 0 aromatic heterocycles. The van der Waals surface area contributed by atoms with Crippen LogP contribution in [0.15, 0.2) is 0 Å². The van der Waals surface area contributed by atoms with E-state index in [1.165, 1.54) is 12.8 Å². The number of hydrogen-bond donors (Lipinski definition) is 1. The van der Waals surface area contributed by atoms with Gasteiger partial charge in [0.05, 0.1) is 6.10 Å². The van der Waals surface area contributed by atoms with E-state index < -0.39 is 0 Å². The van der Waals surface area contributed by atoms with Gasteiger partial charge in [-0.05, 0) is 25.7 Å². The lowest BCUT2D eigenvalue weighted by Gasteiger charge is -2.20. The summed E-state index contributed by atoms with van der Waals surface area (Å²) in [5.74, 6) is 0.0860. The number of rotatable bonds is 5. The molecule has 0 aromatic rings. The van der Waals surface area contributed by atoms with Gasteiger partial charge in [-0.15, -0.1) is 0 Å². The Hall–Kier alpha value is -1.10. The van der Waals surface area contributed by atoms with E-state index in [0.29, 0.717) is 19.4 Å². The molecule has 2 saturated heterocycles. The summed E-state index contributed by atoms with van der Waals surface area (Å²) in [6.07, 6.45) is 7.51. The third-order valence-corrected chi connectivity index (χ3v) is 4.08. The quantitative estimate of drug-likeness (QED) is 0.830. The van der Waals surface area contributed by atoms with Crippen LogP contribution in [-0.4, -0.2) is 49.1 Å². The van der Waals surface area contributed by atoms with E-state index in [1.807, 2.05) is 4.90 Å². The van der Waals surface area contributed by atoms with Gasteiger partial charge >= 0.3 is 0 Å². The summed E-state index contributed by atoms with van der Waals surface area (Å²) in [4.78, 5) is 25.7. The number of carbonyl (C=O) groups excluding carboxylic acids is 2. The molecule has 1 atom stereocenters. The summed E-state index contributed by atoms with van der Waals surface area (Å²) in [5, 5.41) is 2.86. The summed E-state index contributed by atoms with van der Waals surface area (Å²) >= 11 is 0. The Morgan fingerprint density at radius 2 is 1.80 bits per heavy atom. The van der Waals surface area contributed by atoms with Crippen molar-refractivity contribution in [2.75, 3.05) is 26.2 Å². The highest BCUT2D eigenvalue weighted by Gasteiger charge is 2.18. The topological polar surface area (TPSA) is 58.6 Å². The monoisotopic (exact) mass is 282 g/mol. The lowest BCUT2D eigenvalue weighted by atomic mass is 10.2. The van der Waals surface area contributed by atoms with Gasteiger partial charge in [0.25, 0.3) is 0 Å². The zero-order valence-electron chi connectivity index (χ0n) is 12.2. The first-order valence-electron chi connectivity index (χ1n) is 7.92. The Kier molecular flexibility index (Phi) is 6.30. The van der Waals surface area contributed by atoms with Crippen LogP contribution in [0.25, 0.3) is 0 Å². The molecular formula is C15H26N2O3. The molecule has 0 aromatic carbocycles. The molecule has 0 spiro atoms. The molecule has 2 aliphatic heterocycles. The molecule has 2 fully saturated rings. The van der Waals surface area contributed by atoms with Crippen molar-refractivity contribution in [1.82, 2.24) is 10.2 Å². The van der Waals surface area contributed by atoms with Gasteiger partial charge in [-0.2, -0.15) is 0 Å². The Bertz CT molecular complexity index is 319. The van der Waals surface area contributed by atoms with Crippen molar-refractivity contribution in [1.29, 1.82) is 0 Å². The molecule has 2 heterocycles. The Labute approximate surface area is 121 Å². The molecule has 5 nitrogen and oxygen atoms in total. The molecule has 1 unspecified atom stereocenters. The van der Waals surface area contributed by atoms with E-state index in [0.717, 1.165) is 45.4 Å². The first-order chi connectivity index (χ1) is 9.75. The minimum atomic E-state index is -0.0383. The van der Waals surface area contributed by atoms with Crippen LogP contribution >= 0.6 is 0 Å². The smallest absolute Gasteiger partial charge is 0.223 e. The second kappa shape index (κ2) is 8.25. The van der Waals surface area contributed by atoms with E-state index in [4.69, 9.17) is 4.74 Å². The molecule has 114 valence electrons. The largest absolute Gasteiger partial charge is 0.376 e. The second-order valence-electron chi connectivity index (χ2n) is 5.73. The summed E-state index contributed by atoms with van der Waals surface area (Å²) in [6, 6.07) is 0. The van der Waals surface area contributed by atoms with Crippen LogP contribution in [0.3, 0.4) is 0 Å². The van der Waals surface area contributed by atoms with Crippen molar-refractivity contribution in [3.8, 4) is 0 Å². The zero-order valence-corrected chi connectivity index (χ0v) is 12.2. The highest BCUT2D eigenvalue weighted by Crippen LogP contribution is 2.12. The number of ether oxygens (including phenoxy) is 1. The van der Waals surface area contributed by atoms with Crippen molar-refractivity contribution >= 4 is 11.8 Å². The molecule has 2 amide bonds. The molecule has 0 bridgehead atoms. The maximum atomic E-state index is 12.0. The predicted molar refractivity (Wildman–Crippen MR) is 76.3 cm³/mol. The van der Waals surface area contributed by atoms with Gasteiger partial charge in [0.1, 0.15) is 0 Å². The summed E-state index contributed by atoms with van der Waals surface area (Å²) in [6.45, 7) is 3.09. The van der Waals surface area contributed by atoms with Gasteiger partial charge in [-0.25, -0.2) is 0 Å². The van der Waals surface area contributed by atoms with Crippen molar-refractivity contribution in [2.45, 2.75) is 57.5 Å². The first-order valence-corrected chi connectivity index (χ1v) is 7.92. The van der Waals surface area contributed by atoms with E-state index in [1.54, 1.807) is 0 Å². The second-order valence-corrected chi connectivity index (χ2v) is 5.73. The zero-order chi connectivity index (χ0) is 14.2. The normalized spacial score (nSPS) is 23.4. The first kappa shape index (κ1) is 15.3. The van der Waals surface area contributed by atoms with Crippen molar-refractivity contribution in [2.24, 2.45) is 0 Å². The standard InChI is InChI=1S/C15H26N2O3/c18-14(16-12-13-6-5-11-20-13)7-8-15(19)17-9-3-1-2-4-10-17/h13H,1-12H2,(H,16,18). The van der Waals surface area contributed by atoms with Gasteiger partial charge in [0.2, 0.25) is 11.8 Å². The molecule has 2 aliphatic rings. The minimum Gasteiger partial charge on any atom is -0.376 e. The predicted octanol–water partition coefficient (Wildman–Crippen LogP) is 1.46. The van der Waals surface area contributed by atoms with E-state index in [2.05, 4.69) is 5.32 Å². The van der Waals surface area contributed by atoms with Crippen LogP contribution in [0.5, 0.6) is 0 Å². The molecule has 0 saturated carbocycles. The average molecular weight is 282 g/mol. The average Bonchev–Trinajstić information content (AvgIpc) is 2.83. The van der Waals surface area contributed by atoms with E-state index in [-0.39, 0.29) is 17.9 Å². The maximum Gasteiger partial charge on any atom is 0.223 e. The molecular weight excluding hydrogens is 256 g/mol. The van der Waals surface area contributed by atoms with Crippen molar-refractivity contribution in [3.05, 3.63) is 0 Å². The number of carbonyl (C=O) groups is 2. The van der Waals surface area contributed by atoms with Crippen molar-refractivity contribution in [3.63, 3.8) is 0 Å². The Balaban J connectivity index is 1.60. The number of hydrogen-bond acceptors (Lipinski definition) is 3. The lowest BCUT2D eigenvalue weighted by Crippen LogP contribution is -2.35. The third-order valence-electron chi connectivity index (χ3n) is 4.08. The third kappa shape index (κ3) is 5.12. The van der Waals surface area contributed by atoms with Gasteiger partial charge in [-0.1, -0.05) is 12.8 Å². The molecule has 1 N–H and O–H groups in total. The molecule has 20 heavy (non-hydrogen) atoms. The number of nitrogens with zero attached hydrogens (tertiary/aromatic N) is 1. The van der Waals surface area contributed by atoms with Gasteiger partial charge in [-0.3, -0.25) is 9.59 Å². The highest BCUT2D eigenvalue weighted by atomic mass is 16.5. The lowest BCUT2D eigenvalue weighted by molar-refractivity contribution is -0.133. The van der Waals surface area contributed by atoms with Crippen LogP contribution in [0.1, 0.15) is 51.4 Å². The number of amides is 2. The fraction of sp³-hybridized carbons (Fsp3) is 0.867. The fourth-order valence-corrected chi connectivity index (χ4v) is 2.82. The van der Waals surface area contributed by atoms with Crippen molar-refractivity contribution < 1.29 is 14.3 Å². The van der Waals surface area contributed by atoms with Crippen LogP contribution in [0.4, 0.5) is 0 Å². The SMILES string of the molecule is O=C(CCC(=O)N1CCCCCC1)NCC1CCCO1. The highest BCUT2D eigenvalue weighted by molar-refractivity contribution is 5.83. The Morgan fingerprint density at radius 3 is 2.45 bits per heavy atom. The van der Waals surface area contributed by atoms with Crippen LogP contribution in [0.2, 0.25) is 0 Å². The molecule has 2 rings (SSSR count). The van der Waals surface area contributed by atoms with Crippen LogP contribution < -0.4 is 5.32 Å². The Morgan fingerprint density at radius 1 is 1.05 bits per heavy atom. The molecule has 5 heteroatoms. The fourth-order valence-electron chi connectivity index (χ4n) is 2.82. The summed E-state index contributed by atoms with van der Waals surface area (Å²) in [5.41, 5.74) is 0. The van der Waals surface area contributed by atoms with Crippen LogP contribution in [-0.2, 0) is 14.3 Å².